The summed E-state index contributed by atoms with van der Waals surface area (Å²) in [7, 11) is 0. The van der Waals surface area contributed by atoms with Crippen LogP contribution < -0.4 is 4.74 Å². The van der Waals surface area contributed by atoms with Gasteiger partial charge in [-0.05, 0) is 105 Å². The molecule has 0 saturated carbocycles. The van der Waals surface area contributed by atoms with E-state index in [1.807, 2.05) is 0 Å². The van der Waals surface area contributed by atoms with Gasteiger partial charge in [0.15, 0.2) is 0 Å². The van der Waals surface area contributed by atoms with Crippen LogP contribution in [0.4, 0.5) is 0 Å². The molecule has 0 N–H and O–H groups in total. The Bertz CT molecular complexity index is 2080. The third-order valence-electron chi connectivity index (χ3n) is 9.13. The van der Waals surface area contributed by atoms with E-state index in [9.17, 15) is 0 Å². The molecule has 0 bridgehead atoms. The summed E-state index contributed by atoms with van der Waals surface area (Å²) in [5.74, 6) is 1.96. The van der Waals surface area contributed by atoms with E-state index in [-0.39, 0.29) is 0 Å². The predicted octanol–water partition coefficient (Wildman–Crippen LogP) is 11.8. The molecule has 0 heterocycles. The van der Waals surface area contributed by atoms with Crippen LogP contribution in [0.1, 0.15) is 48.9 Å². The van der Waals surface area contributed by atoms with Gasteiger partial charge in [-0.1, -0.05) is 123 Å². The fraction of sp³-hybridized carbons (Fsp3) is 0.190. The zero-order valence-corrected chi connectivity index (χ0v) is 25.2. The monoisotopic (exact) mass is 558 g/mol. The Hall–Kier alpha value is -4.62. The molecule has 1 aliphatic carbocycles. The summed E-state index contributed by atoms with van der Waals surface area (Å²) in [5.41, 5.74) is 5.74. The van der Waals surface area contributed by atoms with Crippen LogP contribution in [-0.2, 0) is 25.7 Å². The first kappa shape index (κ1) is 27.2. The van der Waals surface area contributed by atoms with E-state index in [1.54, 1.807) is 11.1 Å². The smallest absolute Gasteiger partial charge is 0.135 e. The van der Waals surface area contributed by atoms with Crippen LogP contribution in [0.3, 0.4) is 0 Å². The van der Waals surface area contributed by atoms with Crippen LogP contribution in [0.5, 0.6) is 11.5 Å². The molecule has 0 fully saturated rings. The van der Waals surface area contributed by atoms with E-state index < -0.39 is 0 Å². The van der Waals surface area contributed by atoms with Gasteiger partial charge in [-0.3, -0.25) is 0 Å². The van der Waals surface area contributed by atoms with Gasteiger partial charge in [0.05, 0.1) is 0 Å². The minimum absolute atomic E-state index is 0.929. The first-order valence-corrected chi connectivity index (χ1v) is 15.9. The number of ether oxygens (including phenoxy) is 1. The van der Waals surface area contributed by atoms with Crippen molar-refractivity contribution in [2.75, 3.05) is 0 Å². The molecular formula is C42H38O. The lowest BCUT2D eigenvalue weighted by atomic mass is 9.86. The molecule has 1 aliphatic rings. The van der Waals surface area contributed by atoms with Gasteiger partial charge in [-0.15, -0.1) is 0 Å². The zero-order chi connectivity index (χ0) is 29.2. The summed E-state index contributed by atoms with van der Waals surface area (Å²) in [6.45, 7) is 4.40. The first-order valence-electron chi connectivity index (χ1n) is 15.9. The van der Waals surface area contributed by atoms with Gasteiger partial charge in [0.2, 0.25) is 0 Å². The van der Waals surface area contributed by atoms with E-state index in [1.165, 1.54) is 74.5 Å². The molecule has 43 heavy (non-hydrogen) atoms. The van der Waals surface area contributed by atoms with Gasteiger partial charge >= 0.3 is 0 Å². The number of hydrogen-bond donors (Lipinski definition) is 0. The fourth-order valence-electron chi connectivity index (χ4n) is 6.94. The summed E-state index contributed by atoms with van der Waals surface area (Å²) in [6, 6.07) is 43.5. The maximum Gasteiger partial charge on any atom is 0.135 e. The highest BCUT2D eigenvalue weighted by Gasteiger charge is 2.15. The molecule has 8 rings (SSSR count). The van der Waals surface area contributed by atoms with Crippen LogP contribution in [0.25, 0.3) is 43.1 Å². The minimum atomic E-state index is 0.929. The fourth-order valence-corrected chi connectivity index (χ4v) is 6.94. The quantitative estimate of drug-likeness (QED) is 0.195. The SMILES string of the molecule is CCc1cc2ccccc2c(CC)c1Oc1cccc2ccccc12.c1ccc2c(c1)ccc1c3c(ccc12)CCCC3. The molecule has 7 aromatic carbocycles. The second-order valence-electron chi connectivity index (χ2n) is 11.6. The molecule has 0 aromatic heterocycles. The second kappa shape index (κ2) is 11.9. The summed E-state index contributed by atoms with van der Waals surface area (Å²) < 4.78 is 6.54. The van der Waals surface area contributed by atoms with Crippen molar-refractivity contribution in [3.05, 3.63) is 144 Å². The van der Waals surface area contributed by atoms with Gasteiger partial charge in [0.1, 0.15) is 11.5 Å². The van der Waals surface area contributed by atoms with Crippen LogP contribution in [0, 0.1) is 0 Å². The topological polar surface area (TPSA) is 9.23 Å². The van der Waals surface area contributed by atoms with Gasteiger partial charge in [0.25, 0.3) is 0 Å². The molecule has 0 spiro atoms. The Labute approximate surface area is 254 Å². The van der Waals surface area contributed by atoms with Crippen molar-refractivity contribution < 1.29 is 4.74 Å². The summed E-state index contributed by atoms with van der Waals surface area (Å²) in [5, 5.41) is 10.6. The molecule has 1 heteroatoms. The lowest BCUT2D eigenvalue weighted by Crippen LogP contribution is -2.02. The first-order chi connectivity index (χ1) is 21.2. The Morgan fingerprint density at radius 3 is 1.95 bits per heavy atom. The zero-order valence-electron chi connectivity index (χ0n) is 25.2. The molecule has 1 nitrogen and oxygen atoms in total. The van der Waals surface area contributed by atoms with Gasteiger partial charge in [-0.25, -0.2) is 0 Å². The van der Waals surface area contributed by atoms with Crippen molar-refractivity contribution in [2.24, 2.45) is 0 Å². The van der Waals surface area contributed by atoms with Crippen molar-refractivity contribution >= 4 is 43.1 Å². The highest BCUT2D eigenvalue weighted by atomic mass is 16.5. The lowest BCUT2D eigenvalue weighted by Gasteiger charge is -2.18. The van der Waals surface area contributed by atoms with Gasteiger partial charge in [0, 0.05) is 10.9 Å². The lowest BCUT2D eigenvalue weighted by molar-refractivity contribution is 0.477. The normalized spacial score (nSPS) is 12.7. The highest BCUT2D eigenvalue weighted by molar-refractivity contribution is 6.08. The number of fused-ring (bicyclic) bond motifs is 7. The molecule has 0 unspecified atom stereocenters. The maximum absolute atomic E-state index is 6.54. The highest BCUT2D eigenvalue weighted by Crippen LogP contribution is 2.38. The Balaban J connectivity index is 0.000000147. The van der Waals surface area contributed by atoms with E-state index in [0.717, 1.165) is 29.7 Å². The van der Waals surface area contributed by atoms with Gasteiger partial charge in [-0.2, -0.15) is 0 Å². The third-order valence-corrected chi connectivity index (χ3v) is 9.13. The molecule has 0 amide bonds. The summed E-state index contributed by atoms with van der Waals surface area (Å²) in [4.78, 5) is 0. The number of hydrogen-bond acceptors (Lipinski definition) is 1. The average Bonchev–Trinajstić information content (AvgIpc) is 3.08. The summed E-state index contributed by atoms with van der Waals surface area (Å²) in [6.07, 6.45) is 7.13. The molecule has 7 aromatic rings. The average molecular weight is 559 g/mol. The molecule has 0 saturated heterocycles. The van der Waals surface area contributed by atoms with Crippen LogP contribution in [-0.4, -0.2) is 0 Å². The van der Waals surface area contributed by atoms with Crippen LogP contribution in [0.15, 0.2) is 121 Å². The Morgan fingerprint density at radius 1 is 0.512 bits per heavy atom. The molecule has 0 atom stereocenters. The van der Waals surface area contributed by atoms with E-state index in [4.69, 9.17) is 4.74 Å². The molecule has 0 aliphatic heterocycles. The molecular weight excluding hydrogens is 520 g/mol. The van der Waals surface area contributed by atoms with Crippen LogP contribution >= 0.6 is 0 Å². The standard InChI is InChI=1S/C24H22O.C18H16/c1-3-17-16-19-11-6-7-13-21(19)20(4-2)24(17)25-23-15-9-12-18-10-5-8-14-22(18)23;1-3-7-15-13(5-1)9-11-18-16-8-4-2-6-14(16)10-12-17(15)18/h5-16H,3-4H2,1-2H3;1,3,5,7,9-12H,2,4,6,8H2. The van der Waals surface area contributed by atoms with E-state index in [2.05, 4.69) is 135 Å². The van der Waals surface area contributed by atoms with E-state index in [0.29, 0.717) is 0 Å². The number of aryl methyl sites for hydroxylation is 4. The molecule has 212 valence electrons. The van der Waals surface area contributed by atoms with Crippen molar-refractivity contribution in [2.45, 2.75) is 52.4 Å². The number of benzene rings is 7. The Morgan fingerprint density at radius 2 is 1.16 bits per heavy atom. The third kappa shape index (κ3) is 5.14. The maximum atomic E-state index is 6.54. The minimum Gasteiger partial charge on any atom is -0.456 e. The largest absolute Gasteiger partial charge is 0.456 e. The van der Waals surface area contributed by atoms with E-state index >= 15 is 0 Å². The van der Waals surface area contributed by atoms with Crippen molar-refractivity contribution in [1.82, 2.24) is 0 Å². The van der Waals surface area contributed by atoms with Gasteiger partial charge < -0.3 is 4.74 Å². The number of rotatable bonds is 4. The second-order valence-corrected chi connectivity index (χ2v) is 11.6. The Kier molecular flexibility index (Phi) is 7.56. The van der Waals surface area contributed by atoms with Crippen molar-refractivity contribution in [3.63, 3.8) is 0 Å². The molecule has 0 radical (unpaired) electrons. The predicted molar refractivity (Wildman–Crippen MR) is 185 cm³/mol. The van der Waals surface area contributed by atoms with Crippen LogP contribution in [0.2, 0.25) is 0 Å². The summed E-state index contributed by atoms with van der Waals surface area (Å²) >= 11 is 0. The van der Waals surface area contributed by atoms with Crippen molar-refractivity contribution in [1.29, 1.82) is 0 Å². The van der Waals surface area contributed by atoms with Crippen molar-refractivity contribution in [3.8, 4) is 11.5 Å².